The molecule has 114 valence electrons. The summed E-state index contributed by atoms with van der Waals surface area (Å²) in [5.41, 5.74) is 0.464. The van der Waals surface area contributed by atoms with Crippen molar-refractivity contribution in [3.05, 3.63) is 45.6 Å². The topological polar surface area (TPSA) is 80.1 Å². The SMILES string of the molecule is COC(=O)/C=C1/S/C(=N\N=Cc2ccc(Cl)c(F)c2)NC1=O. The summed E-state index contributed by atoms with van der Waals surface area (Å²) in [5.74, 6) is -1.67. The van der Waals surface area contributed by atoms with Gasteiger partial charge in [-0.05, 0) is 29.5 Å². The fraction of sp³-hybridized carbons (Fsp3) is 0.0769. The zero-order chi connectivity index (χ0) is 16.1. The molecule has 0 unspecified atom stereocenters. The predicted octanol–water partition coefficient (Wildman–Crippen LogP) is 2.09. The van der Waals surface area contributed by atoms with Crippen LogP contribution in [0.25, 0.3) is 0 Å². The number of amidine groups is 1. The molecule has 1 amide bonds. The Morgan fingerprint density at radius 3 is 2.95 bits per heavy atom. The van der Waals surface area contributed by atoms with Gasteiger partial charge in [0.05, 0.1) is 23.3 Å². The van der Waals surface area contributed by atoms with E-state index in [4.69, 9.17) is 11.6 Å². The summed E-state index contributed by atoms with van der Waals surface area (Å²) in [4.78, 5) is 22.8. The van der Waals surface area contributed by atoms with E-state index >= 15 is 0 Å². The molecule has 1 N–H and O–H groups in total. The molecule has 1 aromatic carbocycles. The number of nitrogens with one attached hydrogen (secondary N) is 1. The van der Waals surface area contributed by atoms with Crippen LogP contribution in [0.15, 0.2) is 39.4 Å². The van der Waals surface area contributed by atoms with Crippen molar-refractivity contribution in [2.75, 3.05) is 7.11 Å². The molecule has 0 saturated carbocycles. The van der Waals surface area contributed by atoms with E-state index in [0.717, 1.165) is 17.8 Å². The van der Waals surface area contributed by atoms with Gasteiger partial charge in [-0.25, -0.2) is 9.18 Å². The standard InChI is InChI=1S/C13H9ClFN3O3S/c1-21-11(19)5-10-12(20)17-13(22-10)18-16-6-7-2-3-8(14)9(15)4-7/h2-6H,1H3,(H,17,18,20)/b10-5+,16-6?. The molecular formula is C13H9ClFN3O3S. The van der Waals surface area contributed by atoms with Crippen molar-refractivity contribution < 1.29 is 18.7 Å². The minimum atomic E-state index is -0.640. The van der Waals surface area contributed by atoms with E-state index in [1.54, 1.807) is 6.07 Å². The van der Waals surface area contributed by atoms with Gasteiger partial charge < -0.3 is 4.74 Å². The maximum atomic E-state index is 13.2. The number of thioether (sulfide) groups is 1. The number of esters is 1. The lowest BCUT2D eigenvalue weighted by molar-refractivity contribution is -0.135. The number of halogens is 2. The largest absolute Gasteiger partial charge is 0.466 e. The van der Waals surface area contributed by atoms with Crippen molar-refractivity contribution in [1.29, 1.82) is 0 Å². The quantitative estimate of drug-likeness (QED) is 0.395. The number of nitrogens with zero attached hydrogens (tertiary/aromatic N) is 2. The average Bonchev–Trinajstić information content (AvgIpc) is 2.83. The molecule has 6 nitrogen and oxygen atoms in total. The monoisotopic (exact) mass is 341 g/mol. The van der Waals surface area contributed by atoms with Crippen LogP contribution in [-0.2, 0) is 14.3 Å². The summed E-state index contributed by atoms with van der Waals surface area (Å²) in [5, 5.41) is 10.2. The summed E-state index contributed by atoms with van der Waals surface area (Å²) in [6, 6.07) is 4.17. The van der Waals surface area contributed by atoms with E-state index in [0.29, 0.717) is 5.56 Å². The van der Waals surface area contributed by atoms with Gasteiger partial charge in [-0.15, -0.1) is 5.10 Å². The van der Waals surface area contributed by atoms with E-state index in [1.165, 1.54) is 25.5 Å². The van der Waals surface area contributed by atoms with Gasteiger partial charge in [-0.1, -0.05) is 17.7 Å². The molecule has 9 heteroatoms. The molecule has 0 atom stereocenters. The van der Waals surface area contributed by atoms with E-state index in [-0.39, 0.29) is 15.1 Å². The Labute approximate surface area is 134 Å². The van der Waals surface area contributed by atoms with Crippen LogP contribution in [0.4, 0.5) is 4.39 Å². The van der Waals surface area contributed by atoms with E-state index in [1.807, 2.05) is 0 Å². The van der Waals surface area contributed by atoms with Crippen molar-refractivity contribution in [1.82, 2.24) is 5.32 Å². The molecule has 0 bridgehead atoms. The molecule has 1 aromatic rings. The molecule has 1 saturated heterocycles. The summed E-state index contributed by atoms with van der Waals surface area (Å²) in [7, 11) is 1.21. The fourth-order valence-electron chi connectivity index (χ4n) is 1.38. The number of benzene rings is 1. The van der Waals surface area contributed by atoms with Gasteiger partial charge in [0, 0.05) is 6.08 Å². The third-order valence-corrected chi connectivity index (χ3v) is 3.61. The van der Waals surface area contributed by atoms with Crippen LogP contribution >= 0.6 is 23.4 Å². The predicted molar refractivity (Wildman–Crippen MR) is 82.3 cm³/mol. The van der Waals surface area contributed by atoms with E-state index < -0.39 is 17.7 Å². The Bertz CT molecular complexity index is 718. The highest BCUT2D eigenvalue weighted by Gasteiger charge is 2.24. The summed E-state index contributed by atoms with van der Waals surface area (Å²) >= 11 is 6.51. The third-order valence-electron chi connectivity index (χ3n) is 2.40. The smallest absolute Gasteiger partial charge is 0.331 e. The number of carbonyl (C=O) groups is 2. The Morgan fingerprint density at radius 1 is 1.50 bits per heavy atom. The van der Waals surface area contributed by atoms with Crippen LogP contribution in [0.2, 0.25) is 5.02 Å². The Kier molecular flexibility index (Phi) is 5.29. The molecule has 0 aliphatic carbocycles. The first-order valence-electron chi connectivity index (χ1n) is 5.84. The Morgan fingerprint density at radius 2 is 2.27 bits per heavy atom. The van der Waals surface area contributed by atoms with Crippen LogP contribution in [0.1, 0.15) is 5.56 Å². The first kappa shape index (κ1) is 16.2. The van der Waals surface area contributed by atoms with Crippen LogP contribution in [0.3, 0.4) is 0 Å². The molecule has 2 rings (SSSR count). The summed E-state index contributed by atoms with van der Waals surface area (Å²) < 4.78 is 17.7. The van der Waals surface area contributed by atoms with E-state index in [2.05, 4.69) is 20.3 Å². The van der Waals surface area contributed by atoms with Gasteiger partial charge in [0.25, 0.3) is 5.91 Å². The number of ether oxygens (including phenoxy) is 1. The normalized spacial score (nSPS) is 18.2. The van der Waals surface area contributed by atoms with Gasteiger partial charge >= 0.3 is 5.97 Å². The zero-order valence-corrected chi connectivity index (χ0v) is 12.7. The van der Waals surface area contributed by atoms with Crippen LogP contribution in [0.5, 0.6) is 0 Å². The molecule has 1 fully saturated rings. The second kappa shape index (κ2) is 7.19. The highest BCUT2D eigenvalue weighted by Crippen LogP contribution is 2.23. The van der Waals surface area contributed by atoms with Gasteiger partial charge in [0.2, 0.25) is 0 Å². The number of hydrogen-bond donors (Lipinski definition) is 1. The van der Waals surface area contributed by atoms with Crippen LogP contribution < -0.4 is 5.32 Å². The third kappa shape index (κ3) is 4.15. The van der Waals surface area contributed by atoms with Crippen LogP contribution in [0, 0.1) is 5.82 Å². The van der Waals surface area contributed by atoms with Crippen molar-refractivity contribution in [3.63, 3.8) is 0 Å². The molecule has 1 aliphatic rings. The first-order valence-corrected chi connectivity index (χ1v) is 7.04. The van der Waals surface area contributed by atoms with Crippen molar-refractivity contribution in [3.8, 4) is 0 Å². The maximum absolute atomic E-state index is 13.2. The van der Waals surface area contributed by atoms with Gasteiger partial charge in [-0.2, -0.15) is 5.10 Å². The molecule has 22 heavy (non-hydrogen) atoms. The van der Waals surface area contributed by atoms with Crippen molar-refractivity contribution in [2.45, 2.75) is 0 Å². The van der Waals surface area contributed by atoms with Crippen molar-refractivity contribution >= 4 is 46.6 Å². The molecular weight excluding hydrogens is 333 g/mol. The average molecular weight is 342 g/mol. The number of rotatable bonds is 3. The van der Waals surface area contributed by atoms with Crippen molar-refractivity contribution in [2.24, 2.45) is 10.2 Å². The lowest BCUT2D eigenvalue weighted by Gasteiger charge is -1.95. The second-order valence-corrected chi connectivity index (χ2v) is 5.35. The lowest BCUT2D eigenvalue weighted by atomic mass is 10.2. The zero-order valence-electron chi connectivity index (χ0n) is 11.2. The highest BCUT2D eigenvalue weighted by molar-refractivity contribution is 8.18. The van der Waals surface area contributed by atoms with Gasteiger partial charge in [-0.3, -0.25) is 10.1 Å². The molecule has 0 spiro atoms. The second-order valence-electron chi connectivity index (χ2n) is 3.91. The first-order chi connectivity index (χ1) is 10.5. The van der Waals surface area contributed by atoms with Gasteiger partial charge in [0.1, 0.15) is 5.82 Å². The molecule has 0 aromatic heterocycles. The Hall–Kier alpha value is -2.19. The number of hydrogen-bond acceptors (Lipinski definition) is 6. The number of methoxy groups -OCH3 is 1. The summed E-state index contributed by atoms with van der Waals surface area (Å²) in [6.07, 6.45) is 2.36. The fourth-order valence-corrected chi connectivity index (χ4v) is 2.24. The highest BCUT2D eigenvalue weighted by atomic mass is 35.5. The molecule has 0 radical (unpaired) electrons. The Balaban J connectivity index is 2.06. The number of carbonyl (C=O) groups excluding carboxylic acids is 2. The van der Waals surface area contributed by atoms with Crippen LogP contribution in [-0.4, -0.2) is 30.4 Å². The lowest BCUT2D eigenvalue weighted by Crippen LogP contribution is -2.19. The number of amides is 1. The minimum absolute atomic E-state index is 0.0136. The summed E-state index contributed by atoms with van der Waals surface area (Å²) in [6.45, 7) is 0. The van der Waals surface area contributed by atoms with Gasteiger partial charge in [0.15, 0.2) is 5.17 Å². The minimum Gasteiger partial charge on any atom is -0.466 e. The molecule has 1 heterocycles. The maximum Gasteiger partial charge on any atom is 0.331 e. The molecule has 1 aliphatic heterocycles. The van der Waals surface area contributed by atoms with E-state index in [9.17, 15) is 14.0 Å².